The van der Waals surface area contributed by atoms with Crippen LogP contribution in [0.15, 0.2) is 30.3 Å². The molecule has 0 unspecified atom stereocenters. The van der Waals surface area contributed by atoms with Crippen molar-refractivity contribution >= 4 is 5.91 Å². The van der Waals surface area contributed by atoms with Gasteiger partial charge in [0.15, 0.2) is 0 Å². The fraction of sp³-hybridized carbons (Fsp3) is 0.462. The highest BCUT2D eigenvalue weighted by atomic mass is 16.5. The quantitative estimate of drug-likeness (QED) is 0.663. The number of hydrogen-bond donors (Lipinski definition) is 2. The molecule has 0 aliphatic rings. The molecule has 1 aromatic rings. The van der Waals surface area contributed by atoms with Crippen LogP contribution in [0.2, 0.25) is 0 Å². The van der Waals surface area contributed by atoms with Crippen molar-refractivity contribution < 1.29 is 9.53 Å². The SMILES string of the molecule is NCCCNC(=O)CCOCc1ccccc1. The summed E-state index contributed by atoms with van der Waals surface area (Å²) in [5.74, 6) is 0.0199. The monoisotopic (exact) mass is 236 g/mol. The number of nitrogens with two attached hydrogens (primary N) is 1. The fourth-order valence-corrected chi connectivity index (χ4v) is 1.35. The summed E-state index contributed by atoms with van der Waals surface area (Å²) in [5, 5.41) is 2.78. The van der Waals surface area contributed by atoms with Gasteiger partial charge in [0.2, 0.25) is 5.91 Å². The maximum absolute atomic E-state index is 11.3. The van der Waals surface area contributed by atoms with E-state index in [1.807, 2.05) is 30.3 Å². The molecule has 0 fully saturated rings. The van der Waals surface area contributed by atoms with E-state index >= 15 is 0 Å². The Morgan fingerprint density at radius 1 is 1.29 bits per heavy atom. The molecule has 0 saturated heterocycles. The largest absolute Gasteiger partial charge is 0.376 e. The first kappa shape index (κ1) is 13.7. The van der Waals surface area contributed by atoms with Gasteiger partial charge in [0.1, 0.15) is 0 Å². The van der Waals surface area contributed by atoms with Gasteiger partial charge in [0, 0.05) is 13.0 Å². The second kappa shape index (κ2) is 8.73. The predicted molar refractivity (Wildman–Crippen MR) is 67.4 cm³/mol. The van der Waals surface area contributed by atoms with Crippen molar-refractivity contribution in [3.8, 4) is 0 Å². The van der Waals surface area contributed by atoms with Crippen molar-refractivity contribution in [3.05, 3.63) is 35.9 Å². The molecule has 0 atom stereocenters. The molecule has 4 heteroatoms. The van der Waals surface area contributed by atoms with E-state index in [0.717, 1.165) is 12.0 Å². The molecular weight excluding hydrogens is 216 g/mol. The summed E-state index contributed by atoms with van der Waals surface area (Å²) in [5.41, 5.74) is 6.45. The third kappa shape index (κ3) is 6.71. The number of amides is 1. The normalized spacial score (nSPS) is 10.2. The average Bonchev–Trinajstić information content (AvgIpc) is 2.36. The van der Waals surface area contributed by atoms with Gasteiger partial charge in [-0.05, 0) is 18.5 Å². The zero-order valence-electron chi connectivity index (χ0n) is 10.0. The molecule has 0 aliphatic heterocycles. The minimum absolute atomic E-state index is 0.0199. The van der Waals surface area contributed by atoms with E-state index in [0.29, 0.717) is 32.7 Å². The van der Waals surface area contributed by atoms with Crippen LogP contribution in [0.1, 0.15) is 18.4 Å². The zero-order valence-corrected chi connectivity index (χ0v) is 10.0. The predicted octanol–water partition coefficient (Wildman–Crippen LogP) is 1.06. The van der Waals surface area contributed by atoms with Crippen LogP contribution in [0, 0.1) is 0 Å². The molecule has 0 saturated carbocycles. The number of hydrogen-bond acceptors (Lipinski definition) is 3. The number of ether oxygens (including phenoxy) is 1. The first-order valence-corrected chi connectivity index (χ1v) is 5.91. The van der Waals surface area contributed by atoms with Crippen molar-refractivity contribution in [2.75, 3.05) is 19.7 Å². The van der Waals surface area contributed by atoms with Gasteiger partial charge in [-0.25, -0.2) is 0 Å². The zero-order chi connectivity index (χ0) is 12.3. The van der Waals surface area contributed by atoms with E-state index in [2.05, 4.69) is 5.32 Å². The smallest absolute Gasteiger partial charge is 0.222 e. The number of carbonyl (C=O) groups excluding carboxylic acids is 1. The van der Waals surface area contributed by atoms with Crippen molar-refractivity contribution in [1.29, 1.82) is 0 Å². The lowest BCUT2D eigenvalue weighted by Crippen LogP contribution is -2.26. The van der Waals surface area contributed by atoms with Crippen LogP contribution >= 0.6 is 0 Å². The molecule has 1 rings (SSSR count). The van der Waals surface area contributed by atoms with Gasteiger partial charge in [0.25, 0.3) is 0 Å². The van der Waals surface area contributed by atoms with Crippen molar-refractivity contribution in [1.82, 2.24) is 5.32 Å². The minimum Gasteiger partial charge on any atom is -0.376 e. The van der Waals surface area contributed by atoms with E-state index < -0.39 is 0 Å². The first-order valence-electron chi connectivity index (χ1n) is 5.91. The van der Waals surface area contributed by atoms with E-state index in [4.69, 9.17) is 10.5 Å². The lowest BCUT2D eigenvalue weighted by molar-refractivity contribution is -0.122. The molecule has 17 heavy (non-hydrogen) atoms. The molecule has 0 spiro atoms. The lowest BCUT2D eigenvalue weighted by Gasteiger charge is -2.05. The Hall–Kier alpha value is -1.39. The molecule has 0 aliphatic carbocycles. The Morgan fingerprint density at radius 2 is 2.06 bits per heavy atom. The lowest BCUT2D eigenvalue weighted by atomic mass is 10.2. The van der Waals surface area contributed by atoms with Crippen molar-refractivity contribution in [2.24, 2.45) is 5.73 Å². The van der Waals surface area contributed by atoms with Gasteiger partial charge in [0.05, 0.1) is 13.2 Å². The van der Waals surface area contributed by atoms with E-state index in [9.17, 15) is 4.79 Å². The summed E-state index contributed by atoms with van der Waals surface area (Å²) >= 11 is 0. The van der Waals surface area contributed by atoms with Crippen LogP contribution in [0.3, 0.4) is 0 Å². The number of carbonyl (C=O) groups is 1. The summed E-state index contributed by atoms with van der Waals surface area (Å²) in [7, 11) is 0. The summed E-state index contributed by atoms with van der Waals surface area (Å²) < 4.78 is 5.41. The Bertz CT molecular complexity index is 314. The van der Waals surface area contributed by atoms with Gasteiger partial charge >= 0.3 is 0 Å². The van der Waals surface area contributed by atoms with E-state index in [1.54, 1.807) is 0 Å². The van der Waals surface area contributed by atoms with E-state index in [1.165, 1.54) is 0 Å². The summed E-state index contributed by atoms with van der Waals surface area (Å²) in [6, 6.07) is 9.91. The molecule has 1 amide bonds. The Morgan fingerprint density at radius 3 is 2.76 bits per heavy atom. The summed E-state index contributed by atoms with van der Waals surface area (Å²) in [6.07, 6.45) is 1.22. The molecule has 0 heterocycles. The van der Waals surface area contributed by atoms with Crippen LogP contribution in [0.25, 0.3) is 0 Å². The highest BCUT2D eigenvalue weighted by molar-refractivity contribution is 5.75. The maximum atomic E-state index is 11.3. The molecule has 3 N–H and O–H groups in total. The van der Waals surface area contributed by atoms with Gasteiger partial charge < -0.3 is 15.8 Å². The van der Waals surface area contributed by atoms with Gasteiger partial charge in [-0.1, -0.05) is 30.3 Å². The Balaban J connectivity index is 2.02. The molecule has 0 bridgehead atoms. The minimum atomic E-state index is 0.0199. The highest BCUT2D eigenvalue weighted by Gasteiger charge is 2.00. The Kier molecular flexibility index (Phi) is 7.02. The van der Waals surface area contributed by atoms with Gasteiger partial charge in [-0.3, -0.25) is 4.79 Å². The number of rotatable bonds is 8. The third-order valence-electron chi connectivity index (χ3n) is 2.29. The summed E-state index contributed by atoms with van der Waals surface area (Å²) in [6.45, 7) is 2.25. The van der Waals surface area contributed by atoms with E-state index in [-0.39, 0.29) is 5.91 Å². The molecule has 1 aromatic carbocycles. The van der Waals surface area contributed by atoms with Gasteiger partial charge in [-0.15, -0.1) is 0 Å². The van der Waals surface area contributed by atoms with Crippen LogP contribution < -0.4 is 11.1 Å². The number of benzene rings is 1. The maximum Gasteiger partial charge on any atom is 0.222 e. The second-order valence-electron chi connectivity index (χ2n) is 3.78. The Labute approximate surface area is 102 Å². The molecule has 4 nitrogen and oxygen atoms in total. The van der Waals surface area contributed by atoms with Gasteiger partial charge in [-0.2, -0.15) is 0 Å². The fourth-order valence-electron chi connectivity index (χ4n) is 1.35. The van der Waals surface area contributed by atoms with Crippen molar-refractivity contribution in [2.45, 2.75) is 19.4 Å². The van der Waals surface area contributed by atoms with Crippen LogP contribution in [-0.4, -0.2) is 25.6 Å². The first-order chi connectivity index (χ1) is 8.33. The molecular formula is C13H20N2O2. The summed E-state index contributed by atoms with van der Waals surface area (Å²) in [4.78, 5) is 11.3. The topological polar surface area (TPSA) is 64.3 Å². The van der Waals surface area contributed by atoms with Crippen LogP contribution in [-0.2, 0) is 16.1 Å². The van der Waals surface area contributed by atoms with Crippen LogP contribution in [0.5, 0.6) is 0 Å². The third-order valence-corrected chi connectivity index (χ3v) is 2.29. The molecule has 94 valence electrons. The van der Waals surface area contributed by atoms with Crippen LogP contribution in [0.4, 0.5) is 0 Å². The molecule has 0 radical (unpaired) electrons. The van der Waals surface area contributed by atoms with Crippen molar-refractivity contribution in [3.63, 3.8) is 0 Å². The highest BCUT2D eigenvalue weighted by Crippen LogP contribution is 2.00. The molecule has 0 aromatic heterocycles. The standard InChI is InChI=1S/C13H20N2O2/c14-8-4-9-15-13(16)7-10-17-11-12-5-2-1-3-6-12/h1-3,5-6H,4,7-11,14H2,(H,15,16). The second-order valence-corrected chi connectivity index (χ2v) is 3.78. The average molecular weight is 236 g/mol. The number of nitrogens with one attached hydrogen (secondary N) is 1.